The number of sulfonamides is 1. The topological polar surface area (TPSA) is 102 Å². The van der Waals surface area contributed by atoms with E-state index in [1.54, 1.807) is 7.05 Å². The van der Waals surface area contributed by atoms with E-state index in [2.05, 4.69) is 15.1 Å². The molecule has 2 N–H and O–H groups in total. The van der Waals surface area contributed by atoms with E-state index in [9.17, 15) is 13.2 Å². The van der Waals surface area contributed by atoms with Crippen LogP contribution in [0, 0.1) is 5.92 Å². The van der Waals surface area contributed by atoms with Gasteiger partial charge in [0.1, 0.15) is 11.4 Å². The molecule has 3 rings (SSSR count). The van der Waals surface area contributed by atoms with Crippen molar-refractivity contribution in [3.05, 3.63) is 23.9 Å². The molecule has 8 nitrogen and oxygen atoms in total. The van der Waals surface area contributed by atoms with Crippen molar-refractivity contribution in [2.45, 2.75) is 12.8 Å². The molecule has 0 radical (unpaired) electrons. The molecule has 0 spiro atoms. The Hall–Kier alpha value is -2.13. The van der Waals surface area contributed by atoms with Crippen molar-refractivity contribution in [3.63, 3.8) is 0 Å². The highest BCUT2D eigenvalue weighted by atomic mass is 32.2. The van der Waals surface area contributed by atoms with Crippen LogP contribution in [0.3, 0.4) is 0 Å². The number of amides is 1. The van der Waals surface area contributed by atoms with E-state index in [1.807, 2.05) is 18.2 Å². The number of rotatable bonds is 8. The van der Waals surface area contributed by atoms with Crippen LogP contribution in [0.2, 0.25) is 0 Å². The van der Waals surface area contributed by atoms with Crippen LogP contribution in [0.5, 0.6) is 5.75 Å². The second-order valence-corrected chi connectivity index (χ2v) is 8.16. The lowest BCUT2D eigenvalue weighted by Gasteiger charge is -2.07. The lowest BCUT2D eigenvalue weighted by Crippen LogP contribution is -2.35. The summed E-state index contributed by atoms with van der Waals surface area (Å²) < 4.78 is 31.7. The first-order chi connectivity index (χ1) is 11.8. The lowest BCUT2D eigenvalue weighted by atomic mass is 10.2. The van der Waals surface area contributed by atoms with Crippen molar-refractivity contribution in [2.75, 3.05) is 26.0 Å². The van der Waals surface area contributed by atoms with Crippen molar-refractivity contribution in [2.24, 2.45) is 13.0 Å². The second-order valence-electron chi connectivity index (χ2n) is 6.33. The number of nitrogens with one attached hydrogen (secondary N) is 2. The Morgan fingerprint density at radius 3 is 2.80 bits per heavy atom. The van der Waals surface area contributed by atoms with Crippen LogP contribution in [0.4, 0.5) is 0 Å². The molecule has 0 aliphatic heterocycles. The van der Waals surface area contributed by atoms with E-state index in [-0.39, 0.29) is 19.0 Å². The lowest BCUT2D eigenvalue weighted by molar-refractivity contribution is 0.0946. The second kappa shape index (κ2) is 7.01. The van der Waals surface area contributed by atoms with Crippen molar-refractivity contribution < 1.29 is 17.9 Å². The highest BCUT2D eigenvalue weighted by Gasteiger charge is 2.22. The number of aromatic nitrogens is 2. The first-order valence-electron chi connectivity index (χ1n) is 8.16. The molecule has 1 saturated carbocycles. The van der Waals surface area contributed by atoms with E-state index in [1.165, 1.54) is 17.5 Å². The average Bonchev–Trinajstić information content (AvgIpc) is 3.30. The molecular formula is C16H22N4O4S. The van der Waals surface area contributed by atoms with Gasteiger partial charge < -0.3 is 10.1 Å². The van der Waals surface area contributed by atoms with Crippen LogP contribution in [0.1, 0.15) is 23.3 Å². The van der Waals surface area contributed by atoms with Gasteiger partial charge in [0.15, 0.2) is 0 Å². The Labute approximate surface area is 146 Å². The Bertz CT molecular complexity index is 887. The van der Waals surface area contributed by atoms with Crippen LogP contribution >= 0.6 is 0 Å². The quantitative estimate of drug-likeness (QED) is 0.668. The molecule has 0 bridgehead atoms. The average molecular weight is 366 g/mol. The summed E-state index contributed by atoms with van der Waals surface area (Å²) in [6, 6.07) is 5.52. The molecule has 1 heterocycles. The van der Waals surface area contributed by atoms with Crippen LogP contribution in [0.15, 0.2) is 18.2 Å². The number of benzene rings is 1. The maximum Gasteiger partial charge on any atom is 0.270 e. The Balaban J connectivity index is 1.71. The summed E-state index contributed by atoms with van der Waals surface area (Å²) >= 11 is 0. The zero-order chi connectivity index (χ0) is 18.0. The first-order valence-corrected chi connectivity index (χ1v) is 10.0. The largest absolute Gasteiger partial charge is 0.493 e. The van der Waals surface area contributed by atoms with Gasteiger partial charge in [-0.05, 0) is 37.0 Å². The molecule has 1 aliphatic carbocycles. The number of hydrogen-bond acceptors (Lipinski definition) is 5. The Morgan fingerprint density at radius 2 is 2.12 bits per heavy atom. The SMILES string of the molecule is Cn1nc2ccc(OCC3CC3)cc2c1C(=O)NCCNS(C)(=O)=O. The minimum Gasteiger partial charge on any atom is -0.493 e. The third kappa shape index (κ3) is 4.70. The van der Waals surface area contributed by atoms with Gasteiger partial charge in [-0.1, -0.05) is 0 Å². The number of fused-ring (bicyclic) bond motifs is 1. The summed E-state index contributed by atoms with van der Waals surface area (Å²) in [5.74, 6) is 1.06. The van der Waals surface area contributed by atoms with Crippen molar-refractivity contribution in [1.82, 2.24) is 19.8 Å². The summed E-state index contributed by atoms with van der Waals surface area (Å²) in [4.78, 5) is 12.5. The number of hydrogen-bond donors (Lipinski definition) is 2. The van der Waals surface area contributed by atoms with Crippen molar-refractivity contribution in [3.8, 4) is 5.75 Å². The van der Waals surface area contributed by atoms with Gasteiger partial charge in [-0.15, -0.1) is 0 Å². The fourth-order valence-electron chi connectivity index (χ4n) is 2.53. The number of nitrogens with zero attached hydrogens (tertiary/aromatic N) is 2. The van der Waals surface area contributed by atoms with Gasteiger partial charge in [-0.25, -0.2) is 13.1 Å². The van der Waals surface area contributed by atoms with E-state index < -0.39 is 10.0 Å². The van der Waals surface area contributed by atoms with Crippen LogP contribution in [-0.2, 0) is 17.1 Å². The smallest absolute Gasteiger partial charge is 0.270 e. The molecule has 2 aromatic rings. The van der Waals surface area contributed by atoms with Crippen LogP contribution in [0.25, 0.3) is 10.9 Å². The summed E-state index contributed by atoms with van der Waals surface area (Å²) in [6.07, 6.45) is 3.50. The number of aryl methyl sites for hydroxylation is 1. The minimum absolute atomic E-state index is 0.135. The zero-order valence-electron chi connectivity index (χ0n) is 14.3. The van der Waals surface area contributed by atoms with Gasteiger partial charge >= 0.3 is 0 Å². The number of ether oxygens (including phenoxy) is 1. The van der Waals surface area contributed by atoms with Crippen molar-refractivity contribution >= 4 is 26.8 Å². The molecule has 0 saturated heterocycles. The van der Waals surface area contributed by atoms with Crippen molar-refractivity contribution in [1.29, 1.82) is 0 Å². The Kier molecular flexibility index (Phi) is 4.96. The van der Waals surface area contributed by atoms with Gasteiger partial charge in [0.05, 0.1) is 18.4 Å². The first kappa shape index (κ1) is 17.7. The molecule has 25 heavy (non-hydrogen) atoms. The van der Waals surface area contributed by atoms with Gasteiger partial charge in [0.2, 0.25) is 10.0 Å². The molecular weight excluding hydrogens is 344 g/mol. The molecule has 136 valence electrons. The number of carbonyl (C=O) groups is 1. The molecule has 1 aromatic heterocycles. The Morgan fingerprint density at radius 1 is 1.36 bits per heavy atom. The summed E-state index contributed by atoms with van der Waals surface area (Å²) in [5, 5.41) is 7.75. The molecule has 1 amide bonds. The third-order valence-electron chi connectivity index (χ3n) is 3.98. The molecule has 0 atom stereocenters. The molecule has 1 fully saturated rings. The van der Waals surface area contributed by atoms with E-state index in [0.717, 1.165) is 12.0 Å². The predicted octanol–water partition coefficient (Wildman–Crippen LogP) is 0.641. The zero-order valence-corrected chi connectivity index (χ0v) is 15.1. The number of carbonyl (C=O) groups excluding carboxylic acids is 1. The fraction of sp³-hybridized carbons (Fsp3) is 0.500. The minimum atomic E-state index is -3.27. The summed E-state index contributed by atoms with van der Waals surface area (Å²) in [5.41, 5.74) is 1.13. The molecule has 0 unspecified atom stereocenters. The van der Waals surface area contributed by atoms with E-state index >= 15 is 0 Å². The molecule has 1 aromatic carbocycles. The van der Waals surface area contributed by atoms with Crippen LogP contribution < -0.4 is 14.8 Å². The molecule has 1 aliphatic rings. The van der Waals surface area contributed by atoms with Gasteiger partial charge in [0.25, 0.3) is 5.91 Å². The maximum atomic E-state index is 12.5. The van der Waals surface area contributed by atoms with E-state index in [0.29, 0.717) is 29.1 Å². The fourth-order valence-corrected chi connectivity index (χ4v) is 3.00. The highest BCUT2D eigenvalue weighted by Crippen LogP contribution is 2.30. The van der Waals surface area contributed by atoms with Crippen LogP contribution in [-0.4, -0.2) is 50.1 Å². The van der Waals surface area contributed by atoms with Gasteiger partial charge in [-0.2, -0.15) is 5.10 Å². The third-order valence-corrected chi connectivity index (χ3v) is 4.71. The maximum absolute atomic E-state index is 12.5. The predicted molar refractivity (Wildman–Crippen MR) is 94.1 cm³/mol. The molecule has 9 heteroatoms. The summed E-state index contributed by atoms with van der Waals surface area (Å²) in [7, 11) is -1.57. The normalized spacial score (nSPS) is 14.6. The standard InChI is InChI=1S/C16H22N4O4S/c1-20-15(16(21)17-7-8-18-25(2,22)23)13-9-12(5-6-14(13)19-20)24-10-11-3-4-11/h5-6,9,11,18H,3-4,7-8,10H2,1-2H3,(H,17,21). The van der Waals surface area contributed by atoms with Gasteiger partial charge in [0, 0.05) is 25.5 Å². The monoisotopic (exact) mass is 366 g/mol. The van der Waals surface area contributed by atoms with Gasteiger partial charge in [-0.3, -0.25) is 9.48 Å². The summed E-state index contributed by atoms with van der Waals surface area (Å²) in [6.45, 7) is 1.02. The van der Waals surface area contributed by atoms with E-state index in [4.69, 9.17) is 4.74 Å². The highest BCUT2D eigenvalue weighted by molar-refractivity contribution is 7.88.